The van der Waals surface area contributed by atoms with Crippen molar-refractivity contribution in [1.29, 1.82) is 0 Å². The molecule has 2 heterocycles. The van der Waals surface area contributed by atoms with Gasteiger partial charge in [0.05, 0.1) is 6.54 Å². The number of carbonyl (C=O) groups excluding carboxylic acids is 2. The van der Waals surface area contributed by atoms with Gasteiger partial charge in [0.2, 0.25) is 11.8 Å². The Hall–Kier alpha value is -1.40. The van der Waals surface area contributed by atoms with Crippen molar-refractivity contribution in [2.24, 2.45) is 0 Å². The number of thiophene rings is 1. The third-order valence-corrected chi connectivity index (χ3v) is 4.25. The second-order valence-corrected chi connectivity index (χ2v) is 5.87. The van der Waals surface area contributed by atoms with Gasteiger partial charge >= 0.3 is 0 Å². The molecule has 2 amide bonds. The number of amides is 2. The SMILES string of the molecule is O=C(CCCc1cccs1)NCC(=O)N1CCNCC1. The first kappa shape index (κ1) is 15.0. The average Bonchev–Trinajstić information content (AvgIpc) is 2.99. The molecule has 0 unspecified atom stereocenters. The van der Waals surface area contributed by atoms with Crippen LogP contribution >= 0.6 is 11.3 Å². The van der Waals surface area contributed by atoms with E-state index in [1.807, 2.05) is 11.4 Å². The van der Waals surface area contributed by atoms with Crippen LogP contribution < -0.4 is 10.6 Å². The number of hydrogen-bond acceptors (Lipinski definition) is 4. The third-order valence-electron chi connectivity index (χ3n) is 3.31. The van der Waals surface area contributed by atoms with Crippen molar-refractivity contribution in [2.75, 3.05) is 32.7 Å². The molecule has 0 aromatic carbocycles. The minimum absolute atomic E-state index is 0.0121. The van der Waals surface area contributed by atoms with Crippen molar-refractivity contribution in [2.45, 2.75) is 19.3 Å². The zero-order valence-corrected chi connectivity index (χ0v) is 12.4. The predicted octanol–water partition coefficient (Wildman–Crippen LogP) is 0.619. The average molecular weight is 295 g/mol. The summed E-state index contributed by atoms with van der Waals surface area (Å²) in [5, 5.41) is 7.95. The monoisotopic (exact) mass is 295 g/mol. The van der Waals surface area contributed by atoms with Gasteiger partial charge in [0, 0.05) is 37.5 Å². The van der Waals surface area contributed by atoms with Gasteiger partial charge < -0.3 is 15.5 Å². The van der Waals surface area contributed by atoms with E-state index in [1.54, 1.807) is 16.2 Å². The van der Waals surface area contributed by atoms with Crippen molar-refractivity contribution in [1.82, 2.24) is 15.5 Å². The first-order valence-electron chi connectivity index (χ1n) is 7.03. The number of piperazine rings is 1. The fourth-order valence-electron chi connectivity index (χ4n) is 2.17. The van der Waals surface area contributed by atoms with E-state index in [9.17, 15) is 9.59 Å². The standard InChI is InChI=1S/C14H21N3O2S/c18-13(5-1-3-12-4-2-10-20-12)16-11-14(19)17-8-6-15-7-9-17/h2,4,10,15H,1,3,5-9,11H2,(H,16,18). The van der Waals surface area contributed by atoms with E-state index >= 15 is 0 Å². The zero-order chi connectivity index (χ0) is 14.2. The van der Waals surface area contributed by atoms with Crippen LogP contribution in [0.15, 0.2) is 17.5 Å². The van der Waals surface area contributed by atoms with E-state index in [2.05, 4.69) is 16.7 Å². The maximum Gasteiger partial charge on any atom is 0.242 e. The molecule has 0 aliphatic carbocycles. The van der Waals surface area contributed by atoms with Crippen LogP contribution in [0.25, 0.3) is 0 Å². The van der Waals surface area contributed by atoms with Gasteiger partial charge in [0.25, 0.3) is 0 Å². The number of rotatable bonds is 6. The van der Waals surface area contributed by atoms with Gasteiger partial charge in [-0.05, 0) is 24.3 Å². The third kappa shape index (κ3) is 4.94. The summed E-state index contributed by atoms with van der Waals surface area (Å²) in [4.78, 5) is 26.6. The summed E-state index contributed by atoms with van der Waals surface area (Å²) in [5.41, 5.74) is 0. The quantitative estimate of drug-likeness (QED) is 0.809. The number of nitrogens with one attached hydrogen (secondary N) is 2. The molecule has 0 radical (unpaired) electrons. The molecule has 0 spiro atoms. The van der Waals surface area contributed by atoms with Crippen molar-refractivity contribution in [3.8, 4) is 0 Å². The number of hydrogen-bond donors (Lipinski definition) is 2. The fourth-order valence-corrected chi connectivity index (χ4v) is 2.92. The number of carbonyl (C=O) groups is 2. The molecule has 1 saturated heterocycles. The molecular formula is C14H21N3O2S. The van der Waals surface area contributed by atoms with Crippen LogP contribution in [0.3, 0.4) is 0 Å². The van der Waals surface area contributed by atoms with Gasteiger partial charge in [-0.2, -0.15) is 0 Å². The van der Waals surface area contributed by atoms with E-state index in [0.717, 1.165) is 39.0 Å². The summed E-state index contributed by atoms with van der Waals surface area (Å²) in [6.45, 7) is 3.25. The van der Waals surface area contributed by atoms with Crippen LogP contribution in [0.1, 0.15) is 17.7 Å². The van der Waals surface area contributed by atoms with Crippen molar-refractivity contribution >= 4 is 23.2 Å². The smallest absolute Gasteiger partial charge is 0.242 e. The van der Waals surface area contributed by atoms with Gasteiger partial charge in [-0.3, -0.25) is 9.59 Å². The van der Waals surface area contributed by atoms with Gasteiger partial charge in [0.1, 0.15) is 0 Å². The van der Waals surface area contributed by atoms with Crippen molar-refractivity contribution in [3.05, 3.63) is 22.4 Å². The van der Waals surface area contributed by atoms with E-state index in [-0.39, 0.29) is 18.4 Å². The molecule has 20 heavy (non-hydrogen) atoms. The summed E-state index contributed by atoms with van der Waals surface area (Å²) >= 11 is 1.71. The van der Waals surface area contributed by atoms with Crippen molar-refractivity contribution < 1.29 is 9.59 Å². The number of aryl methyl sites for hydroxylation is 1. The molecule has 2 rings (SSSR count). The largest absolute Gasteiger partial charge is 0.347 e. The Morgan fingerprint density at radius 2 is 2.15 bits per heavy atom. The highest BCUT2D eigenvalue weighted by molar-refractivity contribution is 7.09. The number of nitrogens with zero attached hydrogens (tertiary/aromatic N) is 1. The van der Waals surface area contributed by atoms with Gasteiger partial charge in [-0.1, -0.05) is 6.07 Å². The molecule has 1 aliphatic heterocycles. The van der Waals surface area contributed by atoms with Crippen molar-refractivity contribution in [3.63, 3.8) is 0 Å². The van der Waals surface area contributed by atoms with E-state index in [0.29, 0.717) is 6.42 Å². The highest BCUT2D eigenvalue weighted by Crippen LogP contribution is 2.11. The molecule has 0 atom stereocenters. The van der Waals surface area contributed by atoms with Gasteiger partial charge in [0.15, 0.2) is 0 Å². The van der Waals surface area contributed by atoms with Crippen LogP contribution in [0, 0.1) is 0 Å². The minimum atomic E-state index is -0.0370. The Balaban J connectivity index is 1.58. The van der Waals surface area contributed by atoms with Gasteiger partial charge in [-0.15, -0.1) is 11.3 Å². The lowest BCUT2D eigenvalue weighted by Gasteiger charge is -2.27. The van der Waals surface area contributed by atoms with E-state index < -0.39 is 0 Å². The Bertz CT molecular complexity index is 428. The van der Waals surface area contributed by atoms with Crippen LogP contribution in [0.5, 0.6) is 0 Å². The van der Waals surface area contributed by atoms with Crippen LogP contribution in [0.4, 0.5) is 0 Å². The molecule has 0 bridgehead atoms. The first-order chi connectivity index (χ1) is 9.75. The maximum atomic E-state index is 11.8. The lowest BCUT2D eigenvalue weighted by Crippen LogP contribution is -2.49. The highest BCUT2D eigenvalue weighted by atomic mass is 32.1. The lowest BCUT2D eigenvalue weighted by atomic mass is 10.2. The Kier molecular flexibility index (Phi) is 6.01. The summed E-state index contributed by atoms with van der Waals surface area (Å²) in [6, 6.07) is 4.10. The fraction of sp³-hybridized carbons (Fsp3) is 0.571. The minimum Gasteiger partial charge on any atom is -0.347 e. The van der Waals surface area contributed by atoms with E-state index in [4.69, 9.17) is 0 Å². The molecule has 1 aromatic rings. The molecule has 6 heteroatoms. The molecule has 1 aromatic heterocycles. The maximum absolute atomic E-state index is 11.8. The summed E-state index contributed by atoms with van der Waals surface area (Å²) in [5.74, 6) is -0.0249. The van der Waals surface area contributed by atoms with Crippen LogP contribution in [-0.4, -0.2) is 49.4 Å². The summed E-state index contributed by atoms with van der Waals surface area (Å²) in [6.07, 6.45) is 2.23. The lowest BCUT2D eigenvalue weighted by molar-refractivity contribution is -0.133. The van der Waals surface area contributed by atoms with E-state index in [1.165, 1.54) is 4.88 Å². The Morgan fingerprint density at radius 3 is 2.85 bits per heavy atom. The zero-order valence-electron chi connectivity index (χ0n) is 11.6. The molecular weight excluding hydrogens is 274 g/mol. The molecule has 2 N–H and O–H groups in total. The molecule has 1 aliphatic rings. The summed E-state index contributed by atoms with van der Waals surface area (Å²) in [7, 11) is 0. The summed E-state index contributed by atoms with van der Waals surface area (Å²) < 4.78 is 0. The second-order valence-electron chi connectivity index (χ2n) is 4.84. The molecule has 110 valence electrons. The van der Waals surface area contributed by atoms with Crippen LogP contribution in [0.2, 0.25) is 0 Å². The normalized spacial score (nSPS) is 15.1. The molecule has 1 fully saturated rings. The molecule has 5 nitrogen and oxygen atoms in total. The van der Waals surface area contributed by atoms with Gasteiger partial charge in [-0.25, -0.2) is 0 Å². The topological polar surface area (TPSA) is 61.4 Å². The Labute approximate surface area is 123 Å². The Morgan fingerprint density at radius 1 is 1.35 bits per heavy atom. The second kappa shape index (κ2) is 8.01. The van der Waals surface area contributed by atoms with Crippen LogP contribution in [-0.2, 0) is 16.0 Å². The first-order valence-corrected chi connectivity index (χ1v) is 7.91. The highest BCUT2D eigenvalue weighted by Gasteiger charge is 2.16. The molecule has 0 saturated carbocycles. The predicted molar refractivity (Wildman–Crippen MR) is 79.7 cm³/mol.